The predicted molar refractivity (Wildman–Crippen MR) is 86.6 cm³/mol. The lowest BCUT2D eigenvalue weighted by Crippen LogP contribution is -2.10. The summed E-state index contributed by atoms with van der Waals surface area (Å²) in [7, 11) is 0. The topological polar surface area (TPSA) is 63.6 Å². The summed E-state index contributed by atoms with van der Waals surface area (Å²) in [6.07, 6.45) is 0.573. The molecule has 0 spiro atoms. The van der Waals surface area contributed by atoms with Crippen LogP contribution in [0.25, 0.3) is 0 Å². The van der Waals surface area contributed by atoms with E-state index in [1.165, 1.54) is 0 Å². The SMILES string of the molecule is Cc1c(CC(=O)O)cc2c(c1C(=O)c1ccc(Cl)cc1)OCC2. The molecule has 1 heterocycles. The molecule has 0 atom stereocenters. The van der Waals surface area contributed by atoms with Crippen molar-refractivity contribution in [1.29, 1.82) is 0 Å². The number of hydrogen-bond acceptors (Lipinski definition) is 3. The summed E-state index contributed by atoms with van der Waals surface area (Å²) < 4.78 is 5.64. The molecule has 2 aromatic carbocycles. The number of ether oxygens (including phenoxy) is 1. The minimum atomic E-state index is -0.920. The second-order valence-corrected chi connectivity index (χ2v) is 5.97. The number of benzene rings is 2. The van der Waals surface area contributed by atoms with Crippen molar-refractivity contribution in [1.82, 2.24) is 0 Å². The number of aliphatic carboxylic acids is 1. The molecule has 0 aliphatic carbocycles. The van der Waals surface area contributed by atoms with Gasteiger partial charge in [-0.2, -0.15) is 0 Å². The van der Waals surface area contributed by atoms with Crippen molar-refractivity contribution in [3.8, 4) is 5.75 Å². The largest absolute Gasteiger partial charge is 0.492 e. The highest BCUT2D eigenvalue weighted by molar-refractivity contribution is 6.30. The lowest BCUT2D eigenvalue weighted by Gasteiger charge is -2.14. The Balaban J connectivity index is 2.13. The van der Waals surface area contributed by atoms with Gasteiger partial charge in [0, 0.05) is 17.0 Å². The monoisotopic (exact) mass is 330 g/mol. The van der Waals surface area contributed by atoms with E-state index < -0.39 is 5.97 Å². The van der Waals surface area contributed by atoms with Crippen molar-refractivity contribution in [2.24, 2.45) is 0 Å². The van der Waals surface area contributed by atoms with E-state index in [-0.39, 0.29) is 12.2 Å². The number of hydrogen-bond donors (Lipinski definition) is 1. The van der Waals surface area contributed by atoms with E-state index in [1.54, 1.807) is 31.2 Å². The van der Waals surface area contributed by atoms with Crippen molar-refractivity contribution in [3.63, 3.8) is 0 Å². The molecule has 0 radical (unpaired) electrons. The summed E-state index contributed by atoms with van der Waals surface area (Å²) in [6, 6.07) is 8.48. The van der Waals surface area contributed by atoms with E-state index in [0.717, 1.165) is 5.56 Å². The molecule has 0 saturated heterocycles. The van der Waals surface area contributed by atoms with E-state index >= 15 is 0 Å². The highest BCUT2D eigenvalue weighted by atomic mass is 35.5. The van der Waals surface area contributed by atoms with E-state index in [9.17, 15) is 9.59 Å². The molecule has 0 fully saturated rings. The first-order chi connectivity index (χ1) is 11.0. The lowest BCUT2D eigenvalue weighted by atomic mass is 9.90. The predicted octanol–water partition coefficient (Wildman–Crippen LogP) is 3.44. The molecule has 0 aromatic heterocycles. The van der Waals surface area contributed by atoms with Crippen LogP contribution in [0.4, 0.5) is 0 Å². The Morgan fingerprint density at radius 1 is 1.26 bits per heavy atom. The van der Waals surface area contributed by atoms with Crippen LogP contribution < -0.4 is 4.74 Å². The molecule has 1 aliphatic heterocycles. The van der Waals surface area contributed by atoms with Crippen molar-refractivity contribution in [2.45, 2.75) is 19.8 Å². The van der Waals surface area contributed by atoms with Gasteiger partial charge in [0.2, 0.25) is 0 Å². The van der Waals surface area contributed by atoms with Crippen LogP contribution >= 0.6 is 11.6 Å². The second-order valence-electron chi connectivity index (χ2n) is 5.53. The first-order valence-corrected chi connectivity index (χ1v) is 7.65. The highest BCUT2D eigenvalue weighted by Crippen LogP contribution is 2.36. The molecule has 0 unspecified atom stereocenters. The van der Waals surface area contributed by atoms with Gasteiger partial charge >= 0.3 is 5.97 Å². The maximum Gasteiger partial charge on any atom is 0.307 e. The van der Waals surface area contributed by atoms with Gasteiger partial charge in [-0.3, -0.25) is 9.59 Å². The summed E-state index contributed by atoms with van der Waals surface area (Å²) in [5.74, 6) is -0.516. The molecule has 0 bridgehead atoms. The molecular weight excluding hydrogens is 316 g/mol. The quantitative estimate of drug-likeness (QED) is 0.872. The highest BCUT2D eigenvalue weighted by Gasteiger charge is 2.26. The van der Waals surface area contributed by atoms with Gasteiger partial charge in [-0.25, -0.2) is 0 Å². The fourth-order valence-corrected chi connectivity index (χ4v) is 2.98. The molecule has 1 aliphatic rings. The first kappa shape index (κ1) is 15.6. The molecule has 118 valence electrons. The third-order valence-electron chi connectivity index (χ3n) is 4.02. The number of carbonyl (C=O) groups excluding carboxylic acids is 1. The number of ketones is 1. The van der Waals surface area contributed by atoms with E-state index in [0.29, 0.717) is 46.1 Å². The first-order valence-electron chi connectivity index (χ1n) is 7.27. The zero-order valence-electron chi connectivity index (χ0n) is 12.6. The van der Waals surface area contributed by atoms with E-state index in [4.69, 9.17) is 21.4 Å². The van der Waals surface area contributed by atoms with Crippen molar-refractivity contribution >= 4 is 23.4 Å². The Kier molecular flexibility index (Phi) is 4.09. The molecule has 4 nitrogen and oxygen atoms in total. The summed E-state index contributed by atoms with van der Waals surface area (Å²) >= 11 is 5.87. The van der Waals surface area contributed by atoms with Gasteiger partial charge < -0.3 is 9.84 Å². The number of carboxylic acid groups (broad SMARTS) is 1. The molecule has 5 heteroatoms. The molecule has 3 rings (SSSR count). The van der Waals surface area contributed by atoms with E-state index in [2.05, 4.69) is 0 Å². The van der Waals surface area contributed by atoms with Gasteiger partial charge in [0.1, 0.15) is 5.75 Å². The fourth-order valence-electron chi connectivity index (χ4n) is 2.85. The van der Waals surface area contributed by atoms with Crippen molar-refractivity contribution < 1.29 is 19.4 Å². The second kappa shape index (κ2) is 6.05. The van der Waals surface area contributed by atoms with Crippen LogP contribution in [0.2, 0.25) is 5.02 Å². The average Bonchev–Trinajstić information content (AvgIpc) is 2.95. The minimum absolute atomic E-state index is 0.111. The normalized spacial score (nSPS) is 12.6. The van der Waals surface area contributed by atoms with Crippen LogP contribution in [-0.4, -0.2) is 23.5 Å². The summed E-state index contributed by atoms with van der Waals surface area (Å²) in [5.41, 5.74) is 3.16. The van der Waals surface area contributed by atoms with Crippen LogP contribution in [-0.2, 0) is 17.6 Å². The number of fused-ring (bicyclic) bond motifs is 1. The van der Waals surface area contributed by atoms with Gasteiger partial charge in [-0.1, -0.05) is 17.7 Å². The minimum Gasteiger partial charge on any atom is -0.492 e. The van der Waals surface area contributed by atoms with E-state index in [1.807, 2.05) is 6.07 Å². The zero-order valence-corrected chi connectivity index (χ0v) is 13.3. The summed E-state index contributed by atoms with van der Waals surface area (Å²) in [5, 5.41) is 9.64. The van der Waals surface area contributed by atoms with Crippen LogP contribution in [0.15, 0.2) is 30.3 Å². The van der Waals surface area contributed by atoms with Gasteiger partial charge in [-0.15, -0.1) is 0 Å². The number of carboxylic acids is 1. The molecule has 2 aromatic rings. The molecule has 1 N–H and O–H groups in total. The summed E-state index contributed by atoms with van der Waals surface area (Å²) in [6.45, 7) is 2.27. The average molecular weight is 331 g/mol. The summed E-state index contributed by atoms with van der Waals surface area (Å²) in [4.78, 5) is 24.0. The molecule has 0 amide bonds. The van der Waals surface area contributed by atoms with Gasteiger partial charge in [-0.05, 0) is 47.9 Å². The van der Waals surface area contributed by atoms with Crippen LogP contribution in [0.1, 0.15) is 32.6 Å². The third kappa shape index (κ3) is 2.94. The number of halogens is 1. The zero-order chi connectivity index (χ0) is 16.6. The Hall–Kier alpha value is -2.33. The van der Waals surface area contributed by atoms with Gasteiger partial charge in [0.05, 0.1) is 18.6 Å². The lowest BCUT2D eigenvalue weighted by molar-refractivity contribution is -0.136. The van der Waals surface area contributed by atoms with Gasteiger partial charge in [0.15, 0.2) is 5.78 Å². The standard InChI is InChI=1S/C18H15ClO4/c1-10-13(9-15(20)21)8-12-6-7-23-18(12)16(10)17(22)11-2-4-14(19)5-3-11/h2-5,8H,6-7,9H2,1H3,(H,20,21). The molecule has 0 saturated carbocycles. The molecular formula is C18H15ClO4. The van der Waals surface area contributed by atoms with Gasteiger partial charge in [0.25, 0.3) is 0 Å². The fraction of sp³-hybridized carbons (Fsp3) is 0.222. The van der Waals surface area contributed by atoms with Crippen LogP contribution in [0.3, 0.4) is 0 Å². The Morgan fingerprint density at radius 2 is 1.96 bits per heavy atom. The number of rotatable bonds is 4. The Morgan fingerprint density at radius 3 is 2.61 bits per heavy atom. The van der Waals surface area contributed by atoms with Crippen LogP contribution in [0, 0.1) is 6.92 Å². The number of carbonyl (C=O) groups is 2. The molecule has 23 heavy (non-hydrogen) atoms. The van der Waals surface area contributed by atoms with Crippen molar-refractivity contribution in [3.05, 3.63) is 63.2 Å². The maximum absolute atomic E-state index is 12.9. The van der Waals surface area contributed by atoms with Crippen LogP contribution in [0.5, 0.6) is 5.75 Å². The van der Waals surface area contributed by atoms with Crippen molar-refractivity contribution in [2.75, 3.05) is 6.61 Å². The smallest absolute Gasteiger partial charge is 0.307 e. The third-order valence-corrected chi connectivity index (χ3v) is 4.27. The Bertz CT molecular complexity index is 794. The maximum atomic E-state index is 12.9. The Labute approximate surface area is 138 Å².